The van der Waals surface area contributed by atoms with Gasteiger partial charge in [0, 0.05) is 38.9 Å². The van der Waals surface area contributed by atoms with Crippen molar-refractivity contribution in [3.63, 3.8) is 0 Å². The fourth-order valence-electron chi connectivity index (χ4n) is 8.31. The molecule has 11 aromatic rings. The van der Waals surface area contributed by atoms with Gasteiger partial charge in [0.15, 0.2) is 0 Å². The summed E-state index contributed by atoms with van der Waals surface area (Å²) in [5, 5.41) is 13.1. The number of hydrogen-bond acceptors (Lipinski definition) is 2. The van der Waals surface area contributed by atoms with Crippen LogP contribution in [0.15, 0.2) is 179 Å². The summed E-state index contributed by atoms with van der Waals surface area (Å²) in [7, 11) is 0. The van der Waals surface area contributed by atoms with Gasteiger partial charge >= 0.3 is 0 Å². The fourth-order valence-corrected chi connectivity index (χ4v) is 8.31. The third-order valence-electron chi connectivity index (χ3n) is 10.4. The lowest BCUT2D eigenvalue weighted by molar-refractivity contribution is 0.629. The van der Waals surface area contributed by atoms with Gasteiger partial charge in [-0.2, -0.15) is 0 Å². The highest BCUT2D eigenvalue weighted by atomic mass is 16.3. The zero-order valence-electron chi connectivity index (χ0n) is 27.0. The number of para-hydroxylation sites is 1. The monoisotopic (exact) mass is 636 g/mol. The lowest BCUT2D eigenvalue weighted by Crippen LogP contribution is -1.93. The molecule has 0 fully saturated rings. The first-order valence-corrected chi connectivity index (χ1v) is 17.1. The van der Waals surface area contributed by atoms with Crippen LogP contribution in [0.5, 0.6) is 0 Å². The van der Waals surface area contributed by atoms with Crippen LogP contribution >= 0.6 is 0 Å². The molecule has 11 rings (SSSR count). The molecule has 0 aliphatic rings. The summed E-state index contributed by atoms with van der Waals surface area (Å²) in [4.78, 5) is 0. The van der Waals surface area contributed by atoms with E-state index in [-0.39, 0.29) is 0 Å². The Morgan fingerprint density at radius 2 is 0.820 bits per heavy atom. The van der Waals surface area contributed by atoms with Crippen LogP contribution in [0.25, 0.3) is 110 Å². The molecule has 2 nitrogen and oxygen atoms in total. The Hall–Kier alpha value is -6.64. The minimum absolute atomic E-state index is 0.808. The SMILES string of the molecule is c1ccc(-c2oc3cc4oc5ccccc5c4cc3c2-c2c3ccccc3c(-c3cc4ccccc4c4ccccc34)c3ccccc23)cc1. The smallest absolute Gasteiger partial charge is 0.143 e. The first-order chi connectivity index (χ1) is 24.8. The van der Waals surface area contributed by atoms with Crippen LogP contribution in [0.4, 0.5) is 0 Å². The second-order valence-electron chi connectivity index (χ2n) is 13.1. The maximum Gasteiger partial charge on any atom is 0.143 e. The molecule has 50 heavy (non-hydrogen) atoms. The standard InChI is InChI=1S/C48H28O2/c1-2-14-29(15-3-1)48-47(41-27-39-34-20-12-13-25-42(34)49-43(39)28-44(41)50-48)46-37-23-10-8-21-35(37)45(36-22-9-11-24-38(36)46)40-26-30-16-4-5-17-31(30)32-18-6-7-19-33(32)40/h1-28H. The molecule has 9 aromatic carbocycles. The fraction of sp³-hybridized carbons (Fsp3) is 0. The van der Waals surface area contributed by atoms with Crippen molar-refractivity contribution >= 4 is 76.0 Å². The van der Waals surface area contributed by atoms with Crippen LogP contribution in [-0.4, -0.2) is 0 Å². The summed E-state index contributed by atoms with van der Waals surface area (Å²) in [6.07, 6.45) is 0. The Morgan fingerprint density at radius 3 is 1.54 bits per heavy atom. The highest BCUT2D eigenvalue weighted by molar-refractivity contribution is 6.28. The van der Waals surface area contributed by atoms with Gasteiger partial charge in [-0.15, -0.1) is 0 Å². The van der Waals surface area contributed by atoms with Gasteiger partial charge < -0.3 is 8.83 Å². The van der Waals surface area contributed by atoms with Gasteiger partial charge in [-0.3, -0.25) is 0 Å². The van der Waals surface area contributed by atoms with Crippen LogP contribution in [0, 0.1) is 0 Å². The van der Waals surface area contributed by atoms with Gasteiger partial charge in [0.05, 0.1) is 0 Å². The molecule has 232 valence electrons. The van der Waals surface area contributed by atoms with E-state index in [2.05, 4.69) is 158 Å². The van der Waals surface area contributed by atoms with Gasteiger partial charge in [-0.05, 0) is 72.4 Å². The average molecular weight is 637 g/mol. The van der Waals surface area contributed by atoms with E-state index in [0.717, 1.165) is 49.8 Å². The highest BCUT2D eigenvalue weighted by Gasteiger charge is 2.25. The predicted molar refractivity (Wildman–Crippen MR) is 210 cm³/mol. The molecular weight excluding hydrogens is 609 g/mol. The molecule has 0 amide bonds. The van der Waals surface area contributed by atoms with Crippen molar-refractivity contribution in [2.45, 2.75) is 0 Å². The molecule has 0 saturated heterocycles. The van der Waals surface area contributed by atoms with Crippen LogP contribution in [0.1, 0.15) is 0 Å². The van der Waals surface area contributed by atoms with Crippen molar-refractivity contribution in [1.29, 1.82) is 0 Å². The minimum Gasteiger partial charge on any atom is -0.456 e. The average Bonchev–Trinajstić information content (AvgIpc) is 3.73. The highest BCUT2D eigenvalue weighted by Crippen LogP contribution is 2.51. The zero-order chi connectivity index (χ0) is 32.8. The maximum atomic E-state index is 6.90. The molecule has 0 N–H and O–H groups in total. The van der Waals surface area contributed by atoms with Crippen LogP contribution in [0.2, 0.25) is 0 Å². The van der Waals surface area contributed by atoms with E-state index in [1.54, 1.807) is 0 Å². The van der Waals surface area contributed by atoms with Crippen molar-refractivity contribution < 1.29 is 8.83 Å². The Morgan fingerprint density at radius 1 is 0.280 bits per heavy atom. The Bertz CT molecular complexity index is 3080. The summed E-state index contributed by atoms with van der Waals surface area (Å²) in [5.41, 5.74) is 8.32. The van der Waals surface area contributed by atoms with Crippen molar-refractivity contribution in [2.75, 3.05) is 0 Å². The van der Waals surface area contributed by atoms with Crippen LogP contribution in [0.3, 0.4) is 0 Å². The second-order valence-corrected chi connectivity index (χ2v) is 13.1. The third-order valence-corrected chi connectivity index (χ3v) is 10.4. The van der Waals surface area contributed by atoms with E-state index in [9.17, 15) is 0 Å². The molecule has 0 radical (unpaired) electrons. The summed E-state index contributed by atoms with van der Waals surface area (Å²) in [5.74, 6) is 0.858. The van der Waals surface area contributed by atoms with E-state index in [4.69, 9.17) is 8.83 Å². The maximum absolute atomic E-state index is 6.90. The first-order valence-electron chi connectivity index (χ1n) is 17.1. The van der Waals surface area contributed by atoms with Crippen molar-refractivity contribution in [1.82, 2.24) is 0 Å². The summed E-state index contributed by atoms with van der Waals surface area (Å²) >= 11 is 0. The minimum atomic E-state index is 0.808. The summed E-state index contributed by atoms with van der Waals surface area (Å²) in [6.45, 7) is 0. The first kappa shape index (κ1) is 27.3. The van der Waals surface area contributed by atoms with Crippen LogP contribution in [-0.2, 0) is 0 Å². The van der Waals surface area contributed by atoms with Gasteiger partial charge in [-0.25, -0.2) is 0 Å². The molecule has 2 aromatic heterocycles. The number of benzene rings is 9. The molecule has 0 saturated carbocycles. The molecule has 0 spiro atoms. The molecule has 0 aliphatic heterocycles. The van der Waals surface area contributed by atoms with E-state index >= 15 is 0 Å². The Kier molecular flexibility index (Phi) is 5.70. The quantitative estimate of drug-likeness (QED) is 0.142. The number of furan rings is 2. The van der Waals surface area contributed by atoms with Crippen LogP contribution < -0.4 is 0 Å². The van der Waals surface area contributed by atoms with E-state index in [0.29, 0.717) is 0 Å². The molecule has 0 unspecified atom stereocenters. The van der Waals surface area contributed by atoms with Gasteiger partial charge in [-0.1, -0.05) is 146 Å². The van der Waals surface area contributed by atoms with Crippen molar-refractivity contribution in [2.24, 2.45) is 0 Å². The normalized spacial score (nSPS) is 12.0. The Balaban J connectivity index is 1.33. The lowest BCUT2D eigenvalue weighted by atomic mass is 9.83. The number of fused-ring (bicyclic) bond motifs is 9. The largest absolute Gasteiger partial charge is 0.456 e. The van der Waals surface area contributed by atoms with Crippen molar-refractivity contribution in [3.8, 4) is 33.6 Å². The van der Waals surface area contributed by atoms with E-state index in [1.165, 1.54) is 59.8 Å². The summed E-state index contributed by atoms with van der Waals surface area (Å²) in [6, 6.07) is 60.8. The van der Waals surface area contributed by atoms with E-state index in [1.807, 2.05) is 12.1 Å². The topological polar surface area (TPSA) is 26.3 Å². The van der Waals surface area contributed by atoms with Gasteiger partial charge in [0.1, 0.15) is 22.5 Å². The third kappa shape index (κ3) is 3.85. The number of rotatable bonds is 3. The molecule has 0 atom stereocenters. The molecule has 0 bridgehead atoms. The number of hydrogen-bond donors (Lipinski definition) is 0. The zero-order valence-corrected chi connectivity index (χ0v) is 27.0. The lowest BCUT2D eigenvalue weighted by Gasteiger charge is -2.19. The van der Waals surface area contributed by atoms with Gasteiger partial charge in [0.2, 0.25) is 0 Å². The summed E-state index contributed by atoms with van der Waals surface area (Å²) < 4.78 is 13.2. The molecular formula is C48H28O2. The molecule has 2 heteroatoms. The molecule has 0 aliphatic carbocycles. The second kappa shape index (κ2) is 10.4. The molecule has 2 heterocycles. The van der Waals surface area contributed by atoms with Gasteiger partial charge in [0.25, 0.3) is 0 Å². The van der Waals surface area contributed by atoms with Crippen molar-refractivity contribution in [3.05, 3.63) is 170 Å². The predicted octanol–water partition coefficient (Wildman–Crippen LogP) is 13.9. The Labute approximate surface area is 287 Å². The van der Waals surface area contributed by atoms with E-state index < -0.39 is 0 Å².